The summed E-state index contributed by atoms with van der Waals surface area (Å²) in [7, 11) is 0. The first-order chi connectivity index (χ1) is 16.8. The minimum Gasteiger partial charge on any atom is -0.463 e. The zero-order chi connectivity index (χ0) is 24.7. The fraction of sp³-hybridized carbons (Fsp3) is 0.250. The Morgan fingerprint density at radius 3 is 2.57 bits per heavy atom. The van der Waals surface area contributed by atoms with Crippen molar-refractivity contribution in [3.8, 4) is 11.5 Å². The predicted octanol–water partition coefficient (Wildman–Crippen LogP) is 4.80. The van der Waals surface area contributed by atoms with Crippen LogP contribution in [-0.4, -0.2) is 27.1 Å². The number of aryl methyl sites for hydroxylation is 2. The largest absolute Gasteiger partial charge is 0.463 e. The maximum Gasteiger partial charge on any atom is 0.277 e. The Hall–Kier alpha value is -4.13. The summed E-state index contributed by atoms with van der Waals surface area (Å²) in [5.41, 5.74) is 4.66. The van der Waals surface area contributed by atoms with Crippen LogP contribution in [0.3, 0.4) is 0 Å². The van der Waals surface area contributed by atoms with E-state index in [1.165, 1.54) is 0 Å². The first kappa shape index (κ1) is 22.7. The van der Waals surface area contributed by atoms with Crippen molar-refractivity contribution in [1.82, 2.24) is 15.1 Å². The summed E-state index contributed by atoms with van der Waals surface area (Å²) in [5.74, 6) is 0.0554. The van der Waals surface area contributed by atoms with Crippen molar-refractivity contribution >= 4 is 17.5 Å². The minimum absolute atomic E-state index is 0.210. The molecule has 2 amide bonds. The fourth-order valence-corrected chi connectivity index (χ4v) is 4.56. The Balaban J connectivity index is 1.56. The Kier molecular flexibility index (Phi) is 5.55. The third-order valence-corrected chi connectivity index (χ3v) is 6.81. The second-order valence-corrected chi connectivity index (χ2v) is 9.35. The van der Waals surface area contributed by atoms with Gasteiger partial charge in [-0.25, -0.2) is 0 Å². The van der Waals surface area contributed by atoms with Crippen LogP contribution in [0.4, 0.5) is 5.69 Å². The number of anilines is 1. The fourth-order valence-electron chi connectivity index (χ4n) is 4.56. The highest BCUT2D eigenvalue weighted by Crippen LogP contribution is 2.36. The summed E-state index contributed by atoms with van der Waals surface area (Å²) in [6, 6.07) is 19.1. The van der Waals surface area contributed by atoms with Gasteiger partial charge in [-0.3, -0.25) is 19.2 Å². The van der Waals surface area contributed by atoms with Gasteiger partial charge in [0.25, 0.3) is 5.91 Å². The van der Waals surface area contributed by atoms with Gasteiger partial charge in [-0.1, -0.05) is 42.0 Å². The number of amides is 2. The summed E-state index contributed by atoms with van der Waals surface area (Å²) in [6.45, 7) is 8.38. The van der Waals surface area contributed by atoms with Gasteiger partial charge in [-0.15, -0.1) is 0 Å². The summed E-state index contributed by atoms with van der Waals surface area (Å²) in [4.78, 5) is 29.3. The van der Waals surface area contributed by atoms with Gasteiger partial charge in [0, 0.05) is 18.3 Å². The van der Waals surface area contributed by atoms with Gasteiger partial charge in [0.1, 0.15) is 16.9 Å². The van der Waals surface area contributed by atoms with Crippen LogP contribution in [0, 0.1) is 20.8 Å². The first-order valence-electron chi connectivity index (χ1n) is 11.6. The molecule has 0 bridgehead atoms. The molecule has 5 rings (SSSR count). The lowest BCUT2D eigenvalue weighted by Crippen LogP contribution is -2.64. The Bertz CT molecular complexity index is 1400. The van der Waals surface area contributed by atoms with Crippen molar-refractivity contribution in [3.63, 3.8) is 0 Å². The standard InChI is InChI=1S/C28H28N4O3/c1-18-10-12-21(13-11-18)16-29-27(34)28(4)17-31-24(15-22(30-31)25-9-6-14-35-25)26(33)32(28)23-8-5-7-19(2)20(23)3/h5-15H,16-17H2,1-4H3,(H,29,34)/t28-/m0/s1. The van der Waals surface area contributed by atoms with Crippen molar-refractivity contribution < 1.29 is 14.0 Å². The summed E-state index contributed by atoms with van der Waals surface area (Å²) in [6.07, 6.45) is 1.57. The van der Waals surface area contributed by atoms with Crippen LogP contribution in [0.5, 0.6) is 0 Å². The summed E-state index contributed by atoms with van der Waals surface area (Å²) < 4.78 is 7.11. The Morgan fingerprint density at radius 2 is 1.86 bits per heavy atom. The highest BCUT2D eigenvalue weighted by atomic mass is 16.3. The zero-order valence-corrected chi connectivity index (χ0v) is 20.3. The molecule has 35 heavy (non-hydrogen) atoms. The predicted molar refractivity (Wildman–Crippen MR) is 134 cm³/mol. The molecule has 0 saturated carbocycles. The van der Waals surface area contributed by atoms with E-state index >= 15 is 0 Å². The van der Waals surface area contributed by atoms with Crippen LogP contribution in [0.25, 0.3) is 11.5 Å². The molecule has 7 heteroatoms. The molecule has 0 unspecified atom stereocenters. The van der Waals surface area contributed by atoms with Gasteiger partial charge < -0.3 is 9.73 Å². The van der Waals surface area contributed by atoms with Gasteiger partial charge in [-0.05, 0) is 62.6 Å². The van der Waals surface area contributed by atoms with Gasteiger partial charge in [0.15, 0.2) is 5.76 Å². The van der Waals surface area contributed by atoms with Crippen molar-refractivity contribution in [3.05, 3.63) is 94.9 Å². The monoisotopic (exact) mass is 468 g/mol. The van der Waals surface area contributed by atoms with Crippen LogP contribution in [0.15, 0.2) is 71.3 Å². The molecule has 0 aliphatic carbocycles. The van der Waals surface area contributed by atoms with E-state index in [2.05, 4.69) is 10.4 Å². The number of nitrogens with zero attached hydrogens (tertiary/aromatic N) is 3. The van der Waals surface area contributed by atoms with Crippen LogP contribution in [0.2, 0.25) is 0 Å². The van der Waals surface area contributed by atoms with Crippen molar-refractivity contribution in [1.29, 1.82) is 0 Å². The second-order valence-electron chi connectivity index (χ2n) is 9.35. The number of rotatable bonds is 5. The van der Waals surface area contributed by atoms with E-state index < -0.39 is 5.54 Å². The van der Waals surface area contributed by atoms with Crippen molar-refractivity contribution in [2.45, 2.75) is 46.3 Å². The number of nitrogens with one attached hydrogen (secondary N) is 1. The first-order valence-corrected chi connectivity index (χ1v) is 11.6. The van der Waals surface area contributed by atoms with Crippen LogP contribution in [0.1, 0.15) is 39.7 Å². The SMILES string of the molecule is Cc1ccc(CNC(=O)[C@]2(C)Cn3nc(-c4ccco4)cc3C(=O)N2c2cccc(C)c2C)cc1. The van der Waals surface area contributed by atoms with Gasteiger partial charge in [0.2, 0.25) is 5.91 Å². The molecule has 1 aliphatic heterocycles. The van der Waals surface area contributed by atoms with Crippen molar-refractivity contribution in [2.24, 2.45) is 0 Å². The second kappa shape index (κ2) is 8.58. The van der Waals surface area contributed by atoms with Crippen LogP contribution in [-0.2, 0) is 17.9 Å². The third kappa shape index (κ3) is 3.93. The molecule has 1 atom stereocenters. The molecule has 1 aliphatic rings. The number of hydrogen-bond acceptors (Lipinski definition) is 4. The van der Waals surface area contributed by atoms with Crippen molar-refractivity contribution in [2.75, 3.05) is 4.90 Å². The molecular formula is C28H28N4O3. The molecule has 1 N–H and O–H groups in total. The van der Waals surface area contributed by atoms with E-state index in [0.29, 0.717) is 23.7 Å². The lowest BCUT2D eigenvalue weighted by atomic mass is 9.92. The van der Waals surface area contributed by atoms with Gasteiger partial charge in [0.05, 0.1) is 12.8 Å². The smallest absolute Gasteiger partial charge is 0.277 e. The molecule has 0 spiro atoms. The van der Waals surface area contributed by atoms with E-state index in [4.69, 9.17) is 4.42 Å². The van der Waals surface area contributed by atoms with E-state index in [-0.39, 0.29) is 18.4 Å². The van der Waals surface area contributed by atoms with Gasteiger partial charge >= 0.3 is 0 Å². The minimum atomic E-state index is -1.19. The molecule has 4 aromatic rings. The number of aromatic nitrogens is 2. The topological polar surface area (TPSA) is 80.4 Å². The number of furan rings is 1. The normalized spacial score (nSPS) is 17.4. The molecule has 0 saturated heterocycles. The van der Waals surface area contributed by atoms with Crippen LogP contribution < -0.4 is 10.2 Å². The number of hydrogen-bond donors (Lipinski definition) is 1. The molecule has 178 valence electrons. The molecule has 0 fully saturated rings. The zero-order valence-electron chi connectivity index (χ0n) is 20.3. The molecular weight excluding hydrogens is 440 g/mol. The van der Waals surface area contributed by atoms with E-state index in [0.717, 1.165) is 27.9 Å². The summed E-state index contributed by atoms with van der Waals surface area (Å²) in [5, 5.41) is 7.67. The number of benzene rings is 2. The third-order valence-electron chi connectivity index (χ3n) is 6.81. The molecule has 0 radical (unpaired) electrons. The number of carbonyl (C=O) groups is 2. The Labute approximate surface area is 204 Å². The molecule has 3 heterocycles. The quantitative estimate of drug-likeness (QED) is 0.456. The molecule has 2 aromatic heterocycles. The lowest BCUT2D eigenvalue weighted by Gasteiger charge is -2.43. The maximum atomic E-state index is 13.9. The maximum absolute atomic E-state index is 13.9. The average molecular weight is 469 g/mol. The Morgan fingerprint density at radius 1 is 1.09 bits per heavy atom. The average Bonchev–Trinajstić information content (AvgIpc) is 3.51. The summed E-state index contributed by atoms with van der Waals surface area (Å²) >= 11 is 0. The molecule has 2 aromatic carbocycles. The highest BCUT2D eigenvalue weighted by Gasteiger charge is 2.49. The van der Waals surface area contributed by atoms with Gasteiger partial charge in [-0.2, -0.15) is 5.10 Å². The number of carbonyl (C=O) groups excluding carboxylic acids is 2. The lowest BCUT2D eigenvalue weighted by molar-refractivity contribution is -0.126. The highest BCUT2D eigenvalue weighted by molar-refractivity contribution is 6.12. The molecule has 7 nitrogen and oxygen atoms in total. The van der Waals surface area contributed by atoms with E-state index in [1.807, 2.05) is 63.2 Å². The van der Waals surface area contributed by atoms with Crippen LogP contribution >= 0.6 is 0 Å². The van der Waals surface area contributed by atoms with E-state index in [1.54, 1.807) is 41.0 Å². The van der Waals surface area contributed by atoms with E-state index in [9.17, 15) is 9.59 Å². The number of fused-ring (bicyclic) bond motifs is 1.